The average Bonchev–Trinajstić information content (AvgIpc) is 2.60. The molecule has 1 N–H and O–H groups in total. The molecule has 0 saturated heterocycles. The molecule has 0 bridgehead atoms. The Hall–Kier alpha value is -1.51. The summed E-state index contributed by atoms with van der Waals surface area (Å²) in [5.74, 6) is 0.898. The molecule has 0 heterocycles. The summed E-state index contributed by atoms with van der Waals surface area (Å²) in [5.41, 5.74) is 2.40. The maximum Gasteiger partial charge on any atom is 0.119 e. The molecule has 134 valence electrons. The lowest BCUT2D eigenvalue weighted by Gasteiger charge is -2.21. The molecule has 1 saturated carbocycles. The van der Waals surface area contributed by atoms with Crippen molar-refractivity contribution in [2.75, 3.05) is 0 Å². The van der Waals surface area contributed by atoms with Gasteiger partial charge in [0.25, 0.3) is 0 Å². The maximum absolute atomic E-state index is 6.00. The number of nitrogens with one attached hydrogen (secondary N) is 1. The van der Waals surface area contributed by atoms with Crippen LogP contribution in [0, 0.1) is 0 Å². The SMILES string of the molecule is Clc1cccc(COc2ccc(CNC3CCCCCCC3)cc2)c1. The summed E-state index contributed by atoms with van der Waals surface area (Å²) in [4.78, 5) is 0. The van der Waals surface area contributed by atoms with Gasteiger partial charge in [-0.25, -0.2) is 0 Å². The average molecular weight is 358 g/mol. The highest BCUT2D eigenvalue weighted by molar-refractivity contribution is 6.30. The summed E-state index contributed by atoms with van der Waals surface area (Å²) in [5, 5.41) is 4.48. The largest absolute Gasteiger partial charge is 0.489 e. The van der Waals surface area contributed by atoms with Gasteiger partial charge < -0.3 is 10.1 Å². The van der Waals surface area contributed by atoms with E-state index in [4.69, 9.17) is 16.3 Å². The molecule has 0 atom stereocenters. The van der Waals surface area contributed by atoms with Crippen molar-refractivity contribution in [2.45, 2.75) is 64.1 Å². The van der Waals surface area contributed by atoms with Crippen molar-refractivity contribution in [1.29, 1.82) is 0 Å². The van der Waals surface area contributed by atoms with E-state index in [9.17, 15) is 0 Å². The summed E-state index contributed by atoms with van der Waals surface area (Å²) < 4.78 is 5.85. The lowest BCUT2D eigenvalue weighted by molar-refractivity contribution is 0.306. The van der Waals surface area contributed by atoms with Gasteiger partial charge in [0.15, 0.2) is 0 Å². The molecule has 0 radical (unpaired) electrons. The number of halogens is 1. The zero-order valence-electron chi connectivity index (χ0n) is 14.8. The van der Waals surface area contributed by atoms with E-state index in [0.29, 0.717) is 12.6 Å². The van der Waals surface area contributed by atoms with Crippen molar-refractivity contribution in [3.05, 3.63) is 64.7 Å². The third kappa shape index (κ3) is 6.37. The number of rotatable bonds is 6. The normalized spacial score (nSPS) is 16.2. The van der Waals surface area contributed by atoms with Crippen molar-refractivity contribution in [3.63, 3.8) is 0 Å². The standard InChI is InChI=1S/C22H28ClNO/c23-20-8-6-7-19(15-20)17-25-22-13-11-18(12-14-22)16-24-21-9-4-2-1-3-5-10-21/h6-8,11-15,21,24H,1-5,9-10,16-17H2. The van der Waals surface area contributed by atoms with Crippen LogP contribution in [0.4, 0.5) is 0 Å². The maximum atomic E-state index is 6.00. The predicted molar refractivity (Wildman–Crippen MR) is 105 cm³/mol. The van der Waals surface area contributed by atoms with E-state index < -0.39 is 0 Å². The van der Waals surface area contributed by atoms with Crippen LogP contribution in [0.1, 0.15) is 56.1 Å². The Balaban J connectivity index is 1.45. The van der Waals surface area contributed by atoms with E-state index >= 15 is 0 Å². The second-order valence-electron chi connectivity index (χ2n) is 6.99. The van der Waals surface area contributed by atoms with Crippen LogP contribution in [-0.4, -0.2) is 6.04 Å². The van der Waals surface area contributed by atoms with Crippen LogP contribution in [0.3, 0.4) is 0 Å². The zero-order valence-corrected chi connectivity index (χ0v) is 15.6. The number of hydrogen-bond donors (Lipinski definition) is 1. The Labute approximate surface area is 156 Å². The second kappa shape index (κ2) is 9.84. The van der Waals surface area contributed by atoms with Crippen LogP contribution < -0.4 is 10.1 Å². The van der Waals surface area contributed by atoms with E-state index in [2.05, 4.69) is 29.6 Å². The van der Waals surface area contributed by atoms with Crippen molar-refractivity contribution >= 4 is 11.6 Å². The van der Waals surface area contributed by atoms with Gasteiger partial charge in [-0.3, -0.25) is 0 Å². The minimum atomic E-state index is 0.542. The molecule has 2 aromatic carbocycles. The van der Waals surface area contributed by atoms with Gasteiger partial charge in [-0.2, -0.15) is 0 Å². The first kappa shape index (κ1) is 18.3. The van der Waals surface area contributed by atoms with Crippen LogP contribution in [0.2, 0.25) is 5.02 Å². The molecular formula is C22H28ClNO. The Morgan fingerprint density at radius 2 is 1.60 bits per heavy atom. The van der Waals surface area contributed by atoms with E-state index in [1.165, 1.54) is 50.5 Å². The van der Waals surface area contributed by atoms with Gasteiger partial charge >= 0.3 is 0 Å². The Morgan fingerprint density at radius 1 is 0.880 bits per heavy atom. The smallest absolute Gasteiger partial charge is 0.119 e. The third-order valence-corrected chi connectivity index (χ3v) is 5.15. The molecule has 0 aliphatic heterocycles. The molecule has 0 unspecified atom stereocenters. The fraction of sp³-hybridized carbons (Fsp3) is 0.455. The van der Waals surface area contributed by atoms with Crippen molar-refractivity contribution in [2.24, 2.45) is 0 Å². The Kier molecular flexibility index (Phi) is 7.20. The second-order valence-corrected chi connectivity index (χ2v) is 7.42. The van der Waals surface area contributed by atoms with Gasteiger partial charge in [0.05, 0.1) is 0 Å². The zero-order chi connectivity index (χ0) is 17.3. The van der Waals surface area contributed by atoms with Crippen LogP contribution in [0.25, 0.3) is 0 Å². The van der Waals surface area contributed by atoms with Crippen molar-refractivity contribution in [3.8, 4) is 5.75 Å². The van der Waals surface area contributed by atoms with Gasteiger partial charge in [0, 0.05) is 17.6 Å². The Morgan fingerprint density at radius 3 is 2.32 bits per heavy atom. The fourth-order valence-electron chi connectivity index (χ4n) is 3.42. The van der Waals surface area contributed by atoms with Crippen LogP contribution in [0.5, 0.6) is 5.75 Å². The highest BCUT2D eigenvalue weighted by Crippen LogP contribution is 2.19. The minimum Gasteiger partial charge on any atom is -0.489 e. The van der Waals surface area contributed by atoms with E-state index in [1.807, 2.05) is 24.3 Å². The number of ether oxygens (including phenoxy) is 1. The molecule has 1 aliphatic carbocycles. The summed E-state index contributed by atoms with van der Waals surface area (Å²) >= 11 is 6.00. The van der Waals surface area contributed by atoms with Gasteiger partial charge in [-0.15, -0.1) is 0 Å². The Bertz CT molecular complexity index is 633. The summed E-state index contributed by atoms with van der Waals surface area (Å²) in [6.45, 7) is 1.49. The van der Waals surface area contributed by atoms with Crippen LogP contribution in [0.15, 0.2) is 48.5 Å². The molecule has 0 spiro atoms. The monoisotopic (exact) mass is 357 g/mol. The lowest BCUT2D eigenvalue weighted by Crippen LogP contribution is -2.29. The molecule has 1 aliphatic rings. The van der Waals surface area contributed by atoms with Gasteiger partial charge in [0.1, 0.15) is 12.4 Å². The first-order valence-electron chi connectivity index (χ1n) is 9.49. The van der Waals surface area contributed by atoms with Gasteiger partial charge in [0.2, 0.25) is 0 Å². The molecule has 25 heavy (non-hydrogen) atoms. The van der Waals surface area contributed by atoms with E-state index in [1.54, 1.807) is 0 Å². The van der Waals surface area contributed by atoms with Crippen LogP contribution >= 0.6 is 11.6 Å². The van der Waals surface area contributed by atoms with E-state index in [0.717, 1.165) is 22.9 Å². The molecular weight excluding hydrogens is 330 g/mol. The highest BCUT2D eigenvalue weighted by Gasteiger charge is 2.10. The summed E-state index contributed by atoms with van der Waals surface area (Å²) in [6.07, 6.45) is 9.60. The lowest BCUT2D eigenvalue weighted by atomic mass is 9.96. The highest BCUT2D eigenvalue weighted by atomic mass is 35.5. The van der Waals surface area contributed by atoms with E-state index in [-0.39, 0.29) is 0 Å². The quantitative estimate of drug-likeness (QED) is 0.672. The summed E-state index contributed by atoms with van der Waals surface area (Å²) in [6, 6.07) is 16.9. The molecule has 3 rings (SSSR count). The molecule has 2 aromatic rings. The molecule has 3 heteroatoms. The molecule has 1 fully saturated rings. The van der Waals surface area contributed by atoms with Gasteiger partial charge in [-0.05, 0) is 48.2 Å². The number of hydrogen-bond acceptors (Lipinski definition) is 2. The predicted octanol–water partition coefficient (Wildman–Crippen LogP) is 6.12. The minimum absolute atomic E-state index is 0.542. The van der Waals surface area contributed by atoms with Crippen molar-refractivity contribution in [1.82, 2.24) is 5.32 Å². The topological polar surface area (TPSA) is 21.3 Å². The first-order chi connectivity index (χ1) is 12.3. The van der Waals surface area contributed by atoms with Crippen molar-refractivity contribution < 1.29 is 4.74 Å². The summed E-state index contributed by atoms with van der Waals surface area (Å²) in [7, 11) is 0. The molecule has 2 nitrogen and oxygen atoms in total. The fourth-order valence-corrected chi connectivity index (χ4v) is 3.63. The number of benzene rings is 2. The molecule has 0 aromatic heterocycles. The third-order valence-electron chi connectivity index (χ3n) is 4.92. The first-order valence-corrected chi connectivity index (χ1v) is 9.87. The van der Waals surface area contributed by atoms with Gasteiger partial charge in [-0.1, -0.05) is 68.0 Å². The van der Waals surface area contributed by atoms with Crippen LogP contribution in [-0.2, 0) is 13.2 Å². The molecule has 0 amide bonds.